The number of fused-ring (bicyclic) bond motifs is 1. The van der Waals surface area contributed by atoms with Crippen molar-refractivity contribution in [2.45, 2.75) is 51.9 Å². The van der Waals surface area contributed by atoms with Gasteiger partial charge in [0.2, 0.25) is 0 Å². The van der Waals surface area contributed by atoms with E-state index in [0.717, 1.165) is 12.8 Å². The molecule has 3 aromatic rings. The predicted molar refractivity (Wildman–Crippen MR) is 131 cm³/mol. The van der Waals surface area contributed by atoms with Gasteiger partial charge in [0.1, 0.15) is 17.1 Å². The van der Waals surface area contributed by atoms with Crippen LogP contribution in [0.1, 0.15) is 46.2 Å². The number of nitrogens with one attached hydrogen (secondary N) is 2. The first kappa shape index (κ1) is 26.2. The van der Waals surface area contributed by atoms with Crippen LogP contribution >= 0.6 is 0 Å². The number of aromatic amines is 1. The Morgan fingerprint density at radius 3 is 2.63 bits per heavy atom. The van der Waals surface area contributed by atoms with E-state index in [1.807, 2.05) is 32.4 Å². The molecule has 0 saturated heterocycles. The molecule has 0 aliphatic carbocycles. The Hall–Kier alpha value is -3.41. The molecule has 3 rings (SSSR count). The third-order valence-corrected chi connectivity index (χ3v) is 6.30. The standard InChI is InChI=1S/C23H31N5O6S/c1-6-8-17-19-20(28(5)26-17)22(29)25-21(24-19)16-12-15(9-10-18(16)33-11-7-2)35(31,32)27-23(30)34-13-14(3)4/h9-10,12,14H,6-8,11,13H2,1-5H3,(H,27,30)(H,24,25,29). The Labute approximate surface area is 203 Å². The number of ether oxygens (including phenoxy) is 2. The SMILES string of the molecule is CCCOc1ccc(S(=O)(=O)NC(=O)OCC(C)C)cc1-c1nc2c(CCC)nn(C)c2c(=O)[nH]1. The molecule has 0 aliphatic heterocycles. The van der Waals surface area contributed by atoms with Crippen molar-refractivity contribution in [1.29, 1.82) is 0 Å². The van der Waals surface area contributed by atoms with E-state index in [-0.39, 0.29) is 28.8 Å². The molecule has 11 nitrogen and oxygen atoms in total. The van der Waals surface area contributed by atoms with Crippen LogP contribution in [0.2, 0.25) is 0 Å². The molecule has 0 bridgehead atoms. The minimum Gasteiger partial charge on any atom is -0.493 e. The average Bonchev–Trinajstić information content (AvgIpc) is 3.11. The maximum atomic E-state index is 12.9. The van der Waals surface area contributed by atoms with Crippen LogP contribution in [0.5, 0.6) is 5.75 Å². The Morgan fingerprint density at radius 1 is 1.23 bits per heavy atom. The van der Waals surface area contributed by atoms with Gasteiger partial charge in [-0.2, -0.15) is 5.10 Å². The molecule has 0 radical (unpaired) electrons. The third-order valence-electron chi connectivity index (χ3n) is 4.99. The summed E-state index contributed by atoms with van der Waals surface area (Å²) in [5.74, 6) is 0.531. The summed E-state index contributed by atoms with van der Waals surface area (Å²) in [6.07, 6.45) is 1.09. The molecular weight excluding hydrogens is 474 g/mol. The monoisotopic (exact) mass is 505 g/mol. The smallest absolute Gasteiger partial charge is 0.421 e. The Kier molecular flexibility index (Phi) is 8.15. The molecule has 0 aliphatic rings. The van der Waals surface area contributed by atoms with Crippen LogP contribution in [-0.4, -0.2) is 47.5 Å². The molecule has 35 heavy (non-hydrogen) atoms. The van der Waals surface area contributed by atoms with Crippen LogP contribution in [0.4, 0.5) is 4.79 Å². The summed E-state index contributed by atoms with van der Waals surface area (Å²) in [4.78, 5) is 32.0. The lowest BCUT2D eigenvalue weighted by molar-refractivity contribution is 0.139. The first-order valence-electron chi connectivity index (χ1n) is 11.5. The average molecular weight is 506 g/mol. The second kappa shape index (κ2) is 10.9. The van der Waals surface area contributed by atoms with Gasteiger partial charge in [0.05, 0.1) is 29.4 Å². The Bertz CT molecular complexity index is 1380. The van der Waals surface area contributed by atoms with Crippen molar-refractivity contribution >= 4 is 27.1 Å². The molecule has 2 heterocycles. The highest BCUT2D eigenvalue weighted by molar-refractivity contribution is 7.90. The van der Waals surface area contributed by atoms with Gasteiger partial charge in [-0.05, 0) is 37.0 Å². The number of rotatable bonds is 10. The van der Waals surface area contributed by atoms with E-state index >= 15 is 0 Å². The third kappa shape index (κ3) is 5.99. The van der Waals surface area contributed by atoms with Crippen LogP contribution < -0.4 is 15.0 Å². The topological polar surface area (TPSA) is 145 Å². The number of hydrogen-bond donors (Lipinski definition) is 2. The van der Waals surface area contributed by atoms with Crippen molar-refractivity contribution in [3.63, 3.8) is 0 Å². The molecule has 2 aromatic heterocycles. The molecule has 0 saturated carbocycles. The highest BCUT2D eigenvalue weighted by atomic mass is 32.2. The van der Waals surface area contributed by atoms with Gasteiger partial charge < -0.3 is 14.5 Å². The summed E-state index contributed by atoms with van der Waals surface area (Å²) < 4.78 is 39.8. The Balaban J connectivity index is 2.10. The fraction of sp³-hybridized carbons (Fsp3) is 0.478. The number of aryl methyl sites for hydroxylation is 2. The lowest BCUT2D eigenvalue weighted by atomic mass is 10.1. The predicted octanol–water partition coefficient (Wildman–Crippen LogP) is 3.14. The van der Waals surface area contributed by atoms with Gasteiger partial charge in [-0.1, -0.05) is 34.1 Å². The maximum absolute atomic E-state index is 12.9. The number of carbonyl (C=O) groups excluding carboxylic acids is 1. The number of benzene rings is 1. The van der Waals surface area contributed by atoms with Crippen LogP contribution in [0, 0.1) is 5.92 Å². The number of H-pyrrole nitrogens is 1. The molecule has 0 spiro atoms. The number of aromatic nitrogens is 4. The fourth-order valence-corrected chi connectivity index (χ4v) is 4.34. The van der Waals surface area contributed by atoms with Crippen molar-refractivity contribution in [2.24, 2.45) is 13.0 Å². The zero-order chi connectivity index (χ0) is 25.8. The van der Waals surface area contributed by atoms with E-state index in [9.17, 15) is 18.0 Å². The number of carbonyl (C=O) groups is 1. The van der Waals surface area contributed by atoms with Crippen molar-refractivity contribution < 1.29 is 22.7 Å². The molecular formula is C23H31N5O6S. The van der Waals surface area contributed by atoms with Crippen LogP contribution in [0.25, 0.3) is 22.4 Å². The first-order valence-corrected chi connectivity index (χ1v) is 13.0. The van der Waals surface area contributed by atoms with Gasteiger partial charge in [0.25, 0.3) is 15.6 Å². The van der Waals surface area contributed by atoms with Crippen molar-refractivity contribution in [2.75, 3.05) is 13.2 Å². The van der Waals surface area contributed by atoms with Crippen LogP contribution in [0.15, 0.2) is 27.9 Å². The van der Waals surface area contributed by atoms with Crippen molar-refractivity contribution in [3.8, 4) is 17.1 Å². The second-order valence-electron chi connectivity index (χ2n) is 8.54. The molecule has 12 heteroatoms. The van der Waals surface area contributed by atoms with E-state index in [1.165, 1.54) is 22.9 Å². The normalized spacial score (nSPS) is 11.7. The highest BCUT2D eigenvalue weighted by Gasteiger charge is 2.23. The number of sulfonamides is 1. The molecule has 190 valence electrons. The van der Waals surface area contributed by atoms with Crippen LogP contribution in [-0.2, 0) is 28.2 Å². The molecule has 1 amide bonds. The van der Waals surface area contributed by atoms with Gasteiger partial charge in [0, 0.05) is 7.05 Å². The molecule has 0 atom stereocenters. The summed E-state index contributed by atoms with van der Waals surface area (Å²) in [6, 6.07) is 4.10. The Morgan fingerprint density at radius 2 is 1.97 bits per heavy atom. The fourth-order valence-electron chi connectivity index (χ4n) is 3.42. The quantitative estimate of drug-likeness (QED) is 0.427. The zero-order valence-corrected chi connectivity index (χ0v) is 21.4. The van der Waals surface area contributed by atoms with Crippen molar-refractivity contribution in [1.82, 2.24) is 24.5 Å². The van der Waals surface area contributed by atoms with Gasteiger partial charge in [-0.3, -0.25) is 9.48 Å². The van der Waals surface area contributed by atoms with Crippen LogP contribution in [0.3, 0.4) is 0 Å². The molecule has 2 N–H and O–H groups in total. The van der Waals surface area contributed by atoms with E-state index in [1.54, 1.807) is 7.05 Å². The van der Waals surface area contributed by atoms with E-state index in [2.05, 4.69) is 15.1 Å². The first-order chi connectivity index (χ1) is 16.6. The van der Waals surface area contributed by atoms with Gasteiger partial charge in [-0.25, -0.2) is 22.9 Å². The molecule has 0 unspecified atom stereocenters. The lowest BCUT2D eigenvalue weighted by Gasteiger charge is -2.14. The summed E-state index contributed by atoms with van der Waals surface area (Å²) in [5.41, 5.74) is 1.30. The maximum Gasteiger partial charge on any atom is 0.421 e. The van der Waals surface area contributed by atoms with E-state index in [0.29, 0.717) is 35.5 Å². The molecule has 0 fully saturated rings. The van der Waals surface area contributed by atoms with Crippen molar-refractivity contribution in [3.05, 3.63) is 34.2 Å². The van der Waals surface area contributed by atoms with Gasteiger partial charge in [-0.15, -0.1) is 0 Å². The summed E-state index contributed by atoms with van der Waals surface area (Å²) >= 11 is 0. The minimum absolute atomic E-state index is 0.0490. The summed E-state index contributed by atoms with van der Waals surface area (Å²) in [6.45, 7) is 8.05. The number of nitrogens with zero attached hydrogens (tertiary/aromatic N) is 3. The van der Waals surface area contributed by atoms with E-state index < -0.39 is 21.7 Å². The molecule has 1 aromatic carbocycles. The largest absolute Gasteiger partial charge is 0.493 e. The van der Waals surface area contributed by atoms with Gasteiger partial charge >= 0.3 is 6.09 Å². The number of amides is 1. The van der Waals surface area contributed by atoms with E-state index in [4.69, 9.17) is 9.47 Å². The van der Waals surface area contributed by atoms with Gasteiger partial charge in [0.15, 0.2) is 5.52 Å². The number of hydrogen-bond acceptors (Lipinski definition) is 8. The minimum atomic E-state index is -4.26. The zero-order valence-electron chi connectivity index (χ0n) is 20.5. The summed E-state index contributed by atoms with van der Waals surface area (Å²) in [7, 11) is -2.59. The second-order valence-corrected chi connectivity index (χ2v) is 10.2. The summed E-state index contributed by atoms with van der Waals surface area (Å²) in [5, 5.41) is 4.41. The highest BCUT2D eigenvalue weighted by Crippen LogP contribution is 2.31. The lowest BCUT2D eigenvalue weighted by Crippen LogP contribution is -2.32.